The lowest BCUT2D eigenvalue weighted by molar-refractivity contribution is -0.121. The number of amides is 1. The van der Waals surface area contributed by atoms with Crippen LogP contribution in [-0.2, 0) is 17.8 Å². The lowest BCUT2D eigenvalue weighted by Gasteiger charge is -2.34. The Hall–Kier alpha value is -2.08. The molecule has 0 radical (unpaired) electrons. The first-order valence-corrected chi connectivity index (χ1v) is 9.35. The van der Waals surface area contributed by atoms with Gasteiger partial charge < -0.3 is 16.0 Å². The van der Waals surface area contributed by atoms with E-state index in [9.17, 15) is 4.79 Å². The standard InChI is InChI=1S/C20H33N5O/c1-15(25-11-10-16-8-6-7-9-17(16)14-25)12-22-19(21-5)23-13-18(26)24-20(2,3)4/h6-9,15H,10-14H2,1-5H3,(H,24,26)(H2,21,22,23). The van der Waals surface area contributed by atoms with Gasteiger partial charge in [-0.1, -0.05) is 24.3 Å². The molecule has 1 amide bonds. The fraction of sp³-hybridized carbons (Fsp3) is 0.600. The number of fused-ring (bicyclic) bond motifs is 1. The van der Waals surface area contributed by atoms with Crippen LogP contribution in [0.4, 0.5) is 0 Å². The highest BCUT2D eigenvalue weighted by atomic mass is 16.2. The number of hydrogen-bond donors (Lipinski definition) is 3. The van der Waals surface area contributed by atoms with Gasteiger partial charge in [0.1, 0.15) is 0 Å². The smallest absolute Gasteiger partial charge is 0.239 e. The third-order valence-electron chi connectivity index (χ3n) is 4.50. The number of carbonyl (C=O) groups is 1. The van der Waals surface area contributed by atoms with Crippen LogP contribution in [0.1, 0.15) is 38.8 Å². The molecule has 0 fully saturated rings. The summed E-state index contributed by atoms with van der Waals surface area (Å²) in [7, 11) is 1.72. The summed E-state index contributed by atoms with van der Waals surface area (Å²) in [5.41, 5.74) is 2.66. The van der Waals surface area contributed by atoms with Crippen LogP contribution in [0.3, 0.4) is 0 Å². The molecular weight excluding hydrogens is 326 g/mol. The molecular formula is C20H33N5O. The van der Waals surface area contributed by atoms with E-state index < -0.39 is 0 Å². The van der Waals surface area contributed by atoms with Gasteiger partial charge in [0, 0.05) is 38.3 Å². The monoisotopic (exact) mass is 359 g/mol. The van der Waals surface area contributed by atoms with Crippen molar-refractivity contribution in [2.24, 2.45) is 4.99 Å². The molecule has 6 nitrogen and oxygen atoms in total. The summed E-state index contributed by atoms with van der Waals surface area (Å²) in [5, 5.41) is 9.33. The van der Waals surface area contributed by atoms with Gasteiger partial charge in [0.25, 0.3) is 0 Å². The van der Waals surface area contributed by atoms with E-state index in [0.717, 1.165) is 26.1 Å². The van der Waals surface area contributed by atoms with Crippen molar-refractivity contribution in [3.63, 3.8) is 0 Å². The zero-order valence-electron chi connectivity index (χ0n) is 16.7. The largest absolute Gasteiger partial charge is 0.355 e. The van der Waals surface area contributed by atoms with Crippen molar-refractivity contribution in [1.29, 1.82) is 0 Å². The maximum atomic E-state index is 11.9. The number of nitrogens with one attached hydrogen (secondary N) is 3. The van der Waals surface area contributed by atoms with Gasteiger partial charge in [-0.15, -0.1) is 0 Å². The highest BCUT2D eigenvalue weighted by Crippen LogP contribution is 2.19. The molecule has 144 valence electrons. The Balaban J connectivity index is 1.77. The highest BCUT2D eigenvalue weighted by Gasteiger charge is 2.20. The van der Waals surface area contributed by atoms with Crippen LogP contribution >= 0.6 is 0 Å². The van der Waals surface area contributed by atoms with Crippen molar-refractivity contribution >= 4 is 11.9 Å². The number of guanidine groups is 1. The third kappa shape index (κ3) is 6.33. The second-order valence-corrected chi connectivity index (χ2v) is 7.94. The first-order chi connectivity index (χ1) is 12.3. The number of benzene rings is 1. The fourth-order valence-electron chi connectivity index (χ4n) is 3.11. The normalized spacial score (nSPS) is 16.6. The molecule has 0 bridgehead atoms. The summed E-state index contributed by atoms with van der Waals surface area (Å²) in [6.07, 6.45) is 1.10. The van der Waals surface area contributed by atoms with Crippen molar-refractivity contribution in [3.8, 4) is 0 Å². The number of rotatable bonds is 5. The molecule has 0 spiro atoms. The lowest BCUT2D eigenvalue weighted by atomic mass is 9.99. The van der Waals surface area contributed by atoms with Crippen LogP contribution < -0.4 is 16.0 Å². The third-order valence-corrected chi connectivity index (χ3v) is 4.50. The Morgan fingerprint density at radius 2 is 1.92 bits per heavy atom. The summed E-state index contributed by atoms with van der Waals surface area (Å²) >= 11 is 0. The predicted octanol–water partition coefficient (Wildman–Crippen LogP) is 1.51. The Morgan fingerprint density at radius 1 is 1.23 bits per heavy atom. The fourth-order valence-corrected chi connectivity index (χ4v) is 3.11. The van der Waals surface area contributed by atoms with Gasteiger partial charge in [-0.05, 0) is 45.2 Å². The van der Waals surface area contributed by atoms with Gasteiger partial charge in [-0.2, -0.15) is 0 Å². The molecule has 1 heterocycles. The van der Waals surface area contributed by atoms with Crippen LogP contribution in [0.15, 0.2) is 29.3 Å². The summed E-state index contributed by atoms with van der Waals surface area (Å²) < 4.78 is 0. The first-order valence-electron chi connectivity index (χ1n) is 9.35. The molecule has 0 aliphatic carbocycles. The first kappa shape index (κ1) is 20.2. The number of nitrogens with zero attached hydrogens (tertiary/aromatic N) is 2. The van der Waals surface area contributed by atoms with E-state index in [1.165, 1.54) is 11.1 Å². The minimum absolute atomic E-state index is 0.0406. The predicted molar refractivity (Wildman–Crippen MR) is 107 cm³/mol. The van der Waals surface area contributed by atoms with E-state index in [4.69, 9.17) is 0 Å². The number of carbonyl (C=O) groups excluding carboxylic acids is 1. The van der Waals surface area contributed by atoms with Gasteiger partial charge in [-0.3, -0.25) is 14.7 Å². The molecule has 0 saturated carbocycles. The second kappa shape index (κ2) is 9.03. The maximum absolute atomic E-state index is 11.9. The topological polar surface area (TPSA) is 68.8 Å². The molecule has 1 unspecified atom stereocenters. The zero-order valence-corrected chi connectivity index (χ0v) is 16.7. The van der Waals surface area contributed by atoms with Crippen LogP contribution in [0.25, 0.3) is 0 Å². The summed E-state index contributed by atoms with van der Waals surface area (Å²) in [4.78, 5) is 18.6. The molecule has 1 aromatic rings. The van der Waals surface area contributed by atoms with E-state index in [-0.39, 0.29) is 18.0 Å². The van der Waals surface area contributed by atoms with E-state index in [2.05, 4.69) is 57.0 Å². The van der Waals surface area contributed by atoms with Gasteiger partial charge in [0.15, 0.2) is 5.96 Å². The van der Waals surface area contributed by atoms with Crippen molar-refractivity contribution in [2.45, 2.75) is 52.2 Å². The highest BCUT2D eigenvalue weighted by molar-refractivity contribution is 5.86. The van der Waals surface area contributed by atoms with Crippen molar-refractivity contribution < 1.29 is 4.79 Å². The molecule has 26 heavy (non-hydrogen) atoms. The van der Waals surface area contributed by atoms with E-state index in [0.29, 0.717) is 12.0 Å². The molecule has 0 saturated heterocycles. The molecule has 2 rings (SSSR count). The molecule has 1 aromatic carbocycles. The van der Waals surface area contributed by atoms with Crippen LogP contribution in [0.2, 0.25) is 0 Å². The molecule has 1 aliphatic heterocycles. The number of hydrogen-bond acceptors (Lipinski definition) is 3. The molecule has 1 atom stereocenters. The van der Waals surface area contributed by atoms with Crippen molar-refractivity contribution in [1.82, 2.24) is 20.9 Å². The Bertz CT molecular complexity index is 635. The summed E-state index contributed by atoms with van der Waals surface area (Å²) in [6, 6.07) is 9.05. The van der Waals surface area contributed by atoms with Gasteiger partial charge >= 0.3 is 0 Å². The molecule has 3 N–H and O–H groups in total. The molecule has 6 heteroatoms. The molecule has 1 aliphatic rings. The van der Waals surface area contributed by atoms with Crippen LogP contribution in [0, 0.1) is 0 Å². The van der Waals surface area contributed by atoms with E-state index >= 15 is 0 Å². The second-order valence-electron chi connectivity index (χ2n) is 7.94. The van der Waals surface area contributed by atoms with Crippen molar-refractivity contribution in [2.75, 3.05) is 26.7 Å². The van der Waals surface area contributed by atoms with Crippen LogP contribution in [0.5, 0.6) is 0 Å². The van der Waals surface area contributed by atoms with E-state index in [1.54, 1.807) is 7.05 Å². The number of aliphatic imine (C=N–C) groups is 1. The Labute approximate surface area is 157 Å². The van der Waals surface area contributed by atoms with Gasteiger partial charge in [0.05, 0.1) is 6.54 Å². The van der Waals surface area contributed by atoms with Gasteiger partial charge in [-0.25, -0.2) is 0 Å². The maximum Gasteiger partial charge on any atom is 0.239 e. The Morgan fingerprint density at radius 3 is 2.58 bits per heavy atom. The molecule has 0 aromatic heterocycles. The summed E-state index contributed by atoms with van der Waals surface area (Å²) in [5.74, 6) is 0.611. The minimum atomic E-state index is -0.227. The van der Waals surface area contributed by atoms with Crippen molar-refractivity contribution in [3.05, 3.63) is 35.4 Å². The van der Waals surface area contributed by atoms with Gasteiger partial charge in [0.2, 0.25) is 5.91 Å². The lowest BCUT2D eigenvalue weighted by Crippen LogP contribution is -2.50. The SMILES string of the molecule is CN=C(NCC(=O)NC(C)(C)C)NCC(C)N1CCc2ccccc2C1. The van der Waals surface area contributed by atoms with Crippen LogP contribution in [-0.4, -0.2) is 55.0 Å². The average molecular weight is 360 g/mol. The Kier molecular flexibility index (Phi) is 7.03. The quantitative estimate of drug-likeness (QED) is 0.551. The zero-order chi connectivity index (χ0) is 19.2. The minimum Gasteiger partial charge on any atom is -0.355 e. The van der Waals surface area contributed by atoms with E-state index in [1.807, 2.05) is 20.8 Å². The summed E-state index contributed by atoms with van der Waals surface area (Å²) in [6.45, 7) is 11.2. The average Bonchev–Trinajstić information content (AvgIpc) is 2.59.